The van der Waals surface area contributed by atoms with Crippen LogP contribution < -0.4 is 5.73 Å². The van der Waals surface area contributed by atoms with E-state index in [1.165, 1.54) is 12.1 Å². The molecular formula is C14H9N2O2. The van der Waals surface area contributed by atoms with Gasteiger partial charge in [-0.25, -0.2) is 0 Å². The van der Waals surface area contributed by atoms with Gasteiger partial charge in [-0.3, -0.25) is 10.1 Å². The molecule has 87 valence electrons. The minimum atomic E-state index is -0.516. The van der Waals surface area contributed by atoms with Gasteiger partial charge in [-0.2, -0.15) is 0 Å². The highest BCUT2D eigenvalue weighted by molar-refractivity contribution is 5.62. The van der Waals surface area contributed by atoms with E-state index in [1.54, 1.807) is 12.1 Å². The fourth-order valence-electron chi connectivity index (χ4n) is 1.41. The number of nitrogens with two attached hydrogens (primary N) is 1. The molecule has 0 saturated heterocycles. The number of nitrogen functional groups attached to an aromatic ring is 1. The molecule has 0 aliphatic carbocycles. The molecule has 18 heavy (non-hydrogen) atoms. The minimum Gasteiger partial charge on any atom is -0.393 e. The smallest absolute Gasteiger partial charge is 0.292 e. The Kier molecular flexibility index (Phi) is 3.26. The first kappa shape index (κ1) is 11.7. The molecular weight excluding hydrogens is 228 g/mol. The molecule has 4 nitrogen and oxygen atoms in total. The lowest BCUT2D eigenvalue weighted by molar-refractivity contribution is -0.383. The van der Waals surface area contributed by atoms with Gasteiger partial charge in [0.15, 0.2) is 0 Å². The van der Waals surface area contributed by atoms with Gasteiger partial charge in [0.1, 0.15) is 5.69 Å². The van der Waals surface area contributed by atoms with Gasteiger partial charge in [0.25, 0.3) is 5.69 Å². The average Bonchev–Trinajstić information content (AvgIpc) is 2.37. The van der Waals surface area contributed by atoms with Crippen LogP contribution in [0.25, 0.3) is 0 Å². The molecule has 0 aliphatic rings. The third kappa shape index (κ3) is 2.66. The van der Waals surface area contributed by atoms with Crippen LogP contribution in [0, 0.1) is 28.0 Å². The molecule has 1 radical (unpaired) electrons. The maximum absolute atomic E-state index is 10.6. The van der Waals surface area contributed by atoms with Crippen LogP contribution in [0.3, 0.4) is 0 Å². The van der Waals surface area contributed by atoms with Crippen LogP contribution in [0.15, 0.2) is 42.5 Å². The largest absolute Gasteiger partial charge is 0.393 e. The van der Waals surface area contributed by atoms with E-state index in [0.717, 1.165) is 5.56 Å². The fraction of sp³-hybridized carbons (Fsp3) is 0. The highest BCUT2D eigenvalue weighted by Gasteiger charge is 2.09. The first-order chi connectivity index (χ1) is 8.66. The molecule has 0 bridgehead atoms. The van der Waals surface area contributed by atoms with Gasteiger partial charge < -0.3 is 5.73 Å². The zero-order valence-corrected chi connectivity index (χ0v) is 9.38. The highest BCUT2D eigenvalue weighted by atomic mass is 16.6. The van der Waals surface area contributed by atoms with E-state index in [-0.39, 0.29) is 11.4 Å². The van der Waals surface area contributed by atoms with Crippen LogP contribution in [-0.2, 0) is 0 Å². The van der Waals surface area contributed by atoms with Crippen molar-refractivity contribution in [1.82, 2.24) is 0 Å². The van der Waals surface area contributed by atoms with E-state index in [0.29, 0.717) is 5.56 Å². The monoisotopic (exact) mass is 237 g/mol. The summed E-state index contributed by atoms with van der Waals surface area (Å²) in [5, 5.41) is 10.6. The van der Waals surface area contributed by atoms with Gasteiger partial charge in [0.05, 0.1) is 4.92 Å². The number of nitro benzene ring substituents is 1. The lowest BCUT2D eigenvalue weighted by Crippen LogP contribution is -1.95. The summed E-state index contributed by atoms with van der Waals surface area (Å²) in [6, 6.07) is 14.7. The van der Waals surface area contributed by atoms with Crippen LogP contribution in [0.4, 0.5) is 11.4 Å². The van der Waals surface area contributed by atoms with Crippen molar-refractivity contribution in [3.63, 3.8) is 0 Å². The van der Waals surface area contributed by atoms with Crippen molar-refractivity contribution in [3.8, 4) is 11.8 Å². The summed E-state index contributed by atoms with van der Waals surface area (Å²) < 4.78 is 0. The Hall–Kier alpha value is -2.80. The van der Waals surface area contributed by atoms with Gasteiger partial charge in [-0.15, -0.1) is 0 Å². The Morgan fingerprint density at radius 2 is 2.06 bits per heavy atom. The molecule has 2 aromatic carbocycles. The first-order valence-corrected chi connectivity index (χ1v) is 5.19. The van der Waals surface area contributed by atoms with Crippen molar-refractivity contribution in [3.05, 3.63) is 69.8 Å². The summed E-state index contributed by atoms with van der Waals surface area (Å²) in [6.07, 6.45) is 0. The zero-order valence-electron chi connectivity index (χ0n) is 9.38. The Morgan fingerprint density at radius 1 is 1.22 bits per heavy atom. The number of hydrogen-bond acceptors (Lipinski definition) is 3. The van der Waals surface area contributed by atoms with Crippen molar-refractivity contribution in [2.24, 2.45) is 0 Å². The predicted octanol–water partition coefficient (Wildman–Crippen LogP) is 2.38. The van der Waals surface area contributed by atoms with Gasteiger partial charge >= 0.3 is 0 Å². The van der Waals surface area contributed by atoms with Crippen molar-refractivity contribution in [2.45, 2.75) is 0 Å². The second kappa shape index (κ2) is 5.02. The lowest BCUT2D eigenvalue weighted by atomic mass is 10.1. The number of nitrogens with zero attached hydrogens (tertiary/aromatic N) is 1. The lowest BCUT2D eigenvalue weighted by Gasteiger charge is -1.96. The normalized spacial score (nSPS) is 9.33. The van der Waals surface area contributed by atoms with E-state index in [9.17, 15) is 10.1 Å². The van der Waals surface area contributed by atoms with Crippen LogP contribution in [0.1, 0.15) is 11.1 Å². The molecule has 2 aromatic rings. The molecule has 0 amide bonds. The summed E-state index contributed by atoms with van der Waals surface area (Å²) in [7, 11) is 0. The summed E-state index contributed by atoms with van der Waals surface area (Å²) in [6.45, 7) is 0. The molecule has 0 unspecified atom stereocenters. The van der Waals surface area contributed by atoms with Crippen LogP contribution in [0.2, 0.25) is 0 Å². The number of benzene rings is 2. The van der Waals surface area contributed by atoms with Crippen LogP contribution >= 0.6 is 0 Å². The summed E-state index contributed by atoms with van der Waals surface area (Å²) in [5.41, 5.74) is 6.98. The molecule has 2 N–H and O–H groups in total. The molecule has 2 rings (SSSR count). The van der Waals surface area contributed by atoms with E-state index < -0.39 is 4.92 Å². The molecule has 0 aliphatic heterocycles. The van der Waals surface area contributed by atoms with Crippen molar-refractivity contribution in [2.75, 3.05) is 5.73 Å². The Labute approximate surface area is 104 Å². The maximum Gasteiger partial charge on any atom is 0.292 e. The van der Waals surface area contributed by atoms with E-state index in [2.05, 4.69) is 17.9 Å². The molecule has 0 aromatic heterocycles. The van der Waals surface area contributed by atoms with E-state index in [1.807, 2.05) is 18.2 Å². The third-order valence-electron chi connectivity index (χ3n) is 2.27. The van der Waals surface area contributed by atoms with Crippen LogP contribution in [-0.4, -0.2) is 4.92 Å². The number of hydrogen-bond donors (Lipinski definition) is 1. The van der Waals surface area contributed by atoms with Crippen molar-refractivity contribution in [1.29, 1.82) is 0 Å². The standard InChI is InChI=1S/C14H9N2O2/c15-13-10-12(8-9-14(13)16(17)18)7-6-11-4-2-1-3-5-11/h1-4,8-10H,15H2. The van der Waals surface area contributed by atoms with Gasteiger partial charge in [0, 0.05) is 17.2 Å². The summed E-state index contributed by atoms with van der Waals surface area (Å²) >= 11 is 0. The zero-order chi connectivity index (χ0) is 13.0. The fourth-order valence-corrected chi connectivity index (χ4v) is 1.41. The van der Waals surface area contributed by atoms with Gasteiger partial charge in [-0.1, -0.05) is 30.0 Å². The van der Waals surface area contributed by atoms with Crippen molar-refractivity contribution < 1.29 is 4.92 Å². The third-order valence-corrected chi connectivity index (χ3v) is 2.27. The quantitative estimate of drug-likeness (QED) is 0.358. The Bertz CT molecular complexity index is 640. The second-order valence-corrected chi connectivity index (χ2v) is 3.56. The van der Waals surface area contributed by atoms with E-state index >= 15 is 0 Å². The van der Waals surface area contributed by atoms with Crippen LogP contribution in [0.5, 0.6) is 0 Å². The van der Waals surface area contributed by atoms with Gasteiger partial charge in [-0.05, 0) is 24.3 Å². The molecule has 0 fully saturated rings. The maximum atomic E-state index is 10.6. The second-order valence-electron chi connectivity index (χ2n) is 3.56. The summed E-state index contributed by atoms with van der Waals surface area (Å²) in [4.78, 5) is 10.1. The van der Waals surface area contributed by atoms with E-state index in [4.69, 9.17) is 5.73 Å². The predicted molar refractivity (Wildman–Crippen MR) is 68.8 cm³/mol. The SMILES string of the molecule is Nc1cc(C#Cc2[c]cccc2)ccc1[N+](=O)[O-]. The molecule has 0 atom stereocenters. The number of anilines is 1. The number of nitro groups is 1. The topological polar surface area (TPSA) is 69.2 Å². The summed E-state index contributed by atoms with van der Waals surface area (Å²) in [5.74, 6) is 5.79. The first-order valence-electron chi connectivity index (χ1n) is 5.19. The minimum absolute atomic E-state index is 0.105. The molecule has 0 saturated carbocycles. The molecule has 0 heterocycles. The van der Waals surface area contributed by atoms with Gasteiger partial charge in [0.2, 0.25) is 0 Å². The average molecular weight is 237 g/mol. The van der Waals surface area contributed by atoms with Crippen molar-refractivity contribution >= 4 is 11.4 Å². The Morgan fingerprint density at radius 3 is 2.67 bits per heavy atom. The number of rotatable bonds is 1. The Balaban J connectivity index is 2.29. The molecule has 0 spiro atoms. The highest BCUT2D eigenvalue weighted by Crippen LogP contribution is 2.21. The molecule has 4 heteroatoms.